The van der Waals surface area contributed by atoms with Crippen molar-refractivity contribution in [3.05, 3.63) is 29.3 Å². The van der Waals surface area contributed by atoms with Crippen molar-refractivity contribution in [2.75, 3.05) is 13.7 Å². The summed E-state index contributed by atoms with van der Waals surface area (Å²) in [4.78, 5) is 0. The average Bonchev–Trinajstić information content (AvgIpc) is 2.38. The van der Waals surface area contributed by atoms with E-state index in [4.69, 9.17) is 10.00 Å². The lowest BCUT2D eigenvalue weighted by Crippen LogP contribution is -2.23. The molecule has 18 heavy (non-hydrogen) atoms. The summed E-state index contributed by atoms with van der Waals surface area (Å²) in [6, 6.07) is 7.87. The first kappa shape index (κ1) is 14.5. The van der Waals surface area contributed by atoms with Crippen LogP contribution in [0.2, 0.25) is 0 Å². The van der Waals surface area contributed by atoms with Gasteiger partial charge in [0, 0.05) is 6.54 Å². The summed E-state index contributed by atoms with van der Waals surface area (Å²) in [5.41, 5.74) is 1.71. The zero-order valence-electron chi connectivity index (χ0n) is 11.7. The normalized spacial score (nSPS) is 12.2. The molecule has 0 spiro atoms. The quantitative estimate of drug-likeness (QED) is 0.839. The van der Waals surface area contributed by atoms with Crippen molar-refractivity contribution < 1.29 is 4.74 Å². The van der Waals surface area contributed by atoms with E-state index in [9.17, 15) is 0 Å². The van der Waals surface area contributed by atoms with Crippen molar-refractivity contribution in [1.82, 2.24) is 5.32 Å². The van der Waals surface area contributed by atoms with E-state index in [0.717, 1.165) is 18.7 Å². The summed E-state index contributed by atoms with van der Waals surface area (Å²) in [6.07, 6.45) is 0. The highest BCUT2D eigenvalue weighted by Gasteiger charge is 2.07. The lowest BCUT2D eigenvalue weighted by atomic mass is 9.98. The average molecular weight is 246 g/mol. The number of hydrogen-bond acceptors (Lipinski definition) is 3. The second-order valence-electron chi connectivity index (χ2n) is 5.00. The lowest BCUT2D eigenvalue weighted by Gasteiger charge is -2.16. The fourth-order valence-electron chi connectivity index (χ4n) is 1.63. The minimum atomic E-state index is 0.591. The number of methoxy groups -OCH3 is 1. The SMILES string of the molecule is COc1ccc(CNCC(C)C(C)C)cc1C#N. The molecule has 1 unspecified atom stereocenters. The lowest BCUT2D eigenvalue weighted by molar-refractivity contribution is 0.392. The molecule has 1 aromatic carbocycles. The number of hydrogen-bond donors (Lipinski definition) is 1. The van der Waals surface area contributed by atoms with Gasteiger partial charge in [-0.2, -0.15) is 5.26 Å². The van der Waals surface area contributed by atoms with Crippen LogP contribution in [0, 0.1) is 23.2 Å². The number of nitrogens with one attached hydrogen (secondary N) is 1. The maximum Gasteiger partial charge on any atom is 0.136 e. The smallest absolute Gasteiger partial charge is 0.136 e. The third-order valence-corrected chi connectivity index (χ3v) is 3.32. The van der Waals surface area contributed by atoms with Gasteiger partial charge in [-0.15, -0.1) is 0 Å². The largest absolute Gasteiger partial charge is 0.495 e. The molecule has 98 valence electrons. The predicted molar refractivity (Wildman–Crippen MR) is 73.4 cm³/mol. The Labute approximate surface area is 110 Å². The Hall–Kier alpha value is -1.53. The van der Waals surface area contributed by atoms with Crippen LogP contribution in [-0.2, 0) is 6.54 Å². The molecule has 0 aliphatic carbocycles. The fraction of sp³-hybridized carbons (Fsp3) is 0.533. The molecule has 0 saturated carbocycles. The summed E-state index contributed by atoms with van der Waals surface area (Å²) >= 11 is 0. The van der Waals surface area contributed by atoms with Crippen molar-refractivity contribution in [1.29, 1.82) is 5.26 Å². The third kappa shape index (κ3) is 4.05. The molecule has 0 saturated heterocycles. The van der Waals surface area contributed by atoms with Gasteiger partial charge in [-0.1, -0.05) is 26.8 Å². The first-order chi connectivity index (χ1) is 8.58. The van der Waals surface area contributed by atoms with Crippen LogP contribution in [0.4, 0.5) is 0 Å². The number of ether oxygens (including phenoxy) is 1. The molecule has 1 atom stereocenters. The minimum Gasteiger partial charge on any atom is -0.495 e. The number of nitrogens with zero attached hydrogens (tertiary/aromatic N) is 1. The molecule has 0 aliphatic heterocycles. The Morgan fingerprint density at radius 3 is 2.61 bits per heavy atom. The first-order valence-corrected chi connectivity index (χ1v) is 6.36. The van der Waals surface area contributed by atoms with E-state index in [1.807, 2.05) is 18.2 Å². The Morgan fingerprint density at radius 1 is 1.33 bits per heavy atom. The van der Waals surface area contributed by atoms with Crippen LogP contribution in [-0.4, -0.2) is 13.7 Å². The Balaban J connectivity index is 2.56. The highest BCUT2D eigenvalue weighted by Crippen LogP contribution is 2.18. The topological polar surface area (TPSA) is 45.0 Å². The van der Waals surface area contributed by atoms with Crippen LogP contribution in [0.1, 0.15) is 31.9 Å². The van der Waals surface area contributed by atoms with Crippen LogP contribution in [0.15, 0.2) is 18.2 Å². The Bertz CT molecular complexity index is 421. The zero-order chi connectivity index (χ0) is 13.5. The summed E-state index contributed by atoms with van der Waals surface area (Å²) in [6.45, 7) is 8.48. The zero-order valence-corrected chi connectivity index (χ0v) is 11.7. The molecule has 0 fully saturated rings. The maximum absolute atomic E-state index is 9.01. The van der Waals surface area contributed by atoms with E-state index in [1.54, 1.807) is 7.11 Å². The predicted octanol–water partition coefficient (Wildman–Crippen LogP) is 2.95. The van der Waals surface area contributed by atoms with Crippen LogP contribution >= 0.6 is 0 Å². The molecule has 0 heterocycles. The Morgan fingerprint density at radius 2 is 2.06 bits per heavy atom. The van der Waals surface area contributed by atoms with Crippen LogP contribution in [0.3, 0.4) is 0 Å². The van der Waals surface area contributed by atoms with Gasteiger partial charge in [0.15, 0.2) is 0 Å². The highest BCUT2D eigenvalue weighted by molar-refractivity contribution is 5.45. The van der Waals surface area contributed by atoms with Gasteiger partial charge < -0.3 is 10.1 Å². The van der Waals surface area contributed by atoms with E-state index in [-0.39, 0.29) is 0 Å². The number of nitriles is 1. The fourth-order valence-corrected chi connectivity index (χ4v) is 1.63. The minimum absolute atomic E-state index is 0.591. The standard InChI is InChI=1S/C15H22N2O/c1-11(2)12(3)9-17-10-13-5-6-15(18-4)14(7-13)8-16/h5-7,11-12,17H,9-10H2,1-4H3. The summed E-state index contributed by atoms with van der Waals surface area (Å²) in [7, 11) is 1.58. The van der Waals surface area contributed by atoms with Crippen molar-refractivity contribution >= 4 is 0 Å². The number of benzene rings is 1. The molecular weight excluding hydrogens is 224 g/mol. The van der Waals surface area contributed by atoms with Crippen LogP contribution in [0.25, 0.3) is 0 Å². The molecule has 0 bridgehead atoms. The van der Waals surface area contributed by atoms with E-state index >= 15 is 0 Å². The van der Waals surface area contributed by atoms with Crippen LogP contribution in [0.5, 0.6) is 5.75 Å². The van der Waals surface area contributed by atoms with E-state index in [2.05, 4.69) is 32.2 Å². The Kier molecular flexibility index (Phi) is 5.67. The van der Waals surface area contributed by atoms with Gasteiger partial charge in [0.25, 0.3) is 0 Å². The molecule has 0 radical (unpaired) electrons. The van der Waals surface area contributed by atoms with Gasteiger partial charge >= 0.3 is 0 Å². The van der Waals surface area contributed by atoms with Crippen molar-refractivity contribution in [3.8, 4) is 11.8 Å². The molecule has 3 heteroatoms. The summed E-state index contributed by atoms with van der Waals surface area (Å²) in [5, 5.41) is 12.4. The first-order valence-electron chi connectivity index (χ1n) is 6.36. The number of rotatable bonds is 6. The van der Waals surface area contributed by atoms with E-state index < -0.39 is 0 Å². The van der Waals surface area contributed by atoms with Crippen molar-refractivity contribution in [2.24, 2.45) is 11.8 Å². The van der Waals surface area contributed by atoms with Gasteiger partial charge in [-0.05, 0) is 36.1 Å². The van der Waals surface area contributed by atoms with Gasteiger partial charge in [-0.3, -0.25) is 0 Å². The third-order valence-electron chi connectivity index (χ3n) is 3.32. The van der Waals surface area contributed by atoms with E-state index in [1.165, 1.54) is 0 Å². The second-order valence-corrected chi connectivity index (χ2v) is 5.00. The monoisotopic (exact) mass is 246 g/mol. The van der Waals surface area contributed by atoms with Gasteiger partial charge in [0.05, 0.1) is 12.7 Å². The molecule has 0 aliphatic rings. The maximum atomic E-state index is 9.01. The molecule has 1 aromatic rings. The molecule has 3 nitrogen and oxygen atoms in total. The second kappa shape index (κ2) is 7.03. The molecule has 1 N–H and O–H groups in total. The van der Waals surface area contributed by atoms with Gasteiger partial charge in [0.2, 0.25) is 0 Å². The molecule has 0 amide bonds. The summed E-state index contributed by atoms with van der Waals surface area (Å²) < 4.78 is 5.12. The van der Waals surface area contributed by atoms with E-state index in [0.29, 0.717) is 23.1 Å². The van der Waals surface area contributed by atoms with Crippen molar-refractivity contribution in [3.63, 3.8) is 0 Å². The van der Waals surface area contributed by atoms with Gasteiger partial charge in [-0.25, -0.2) is 0 Å². The molecule has 1 rings (SSSR count). The van der Waals surface area contributed by atoms with Crippen LogP contribution < -0.4 is 10.1 Å². The summed E-state index contributed by atoms with van der Waals surface area (Å²) in [5.74, 6) is 1.97. The highest BCUT2D eigenvalue weighted by atomic mass is 16.5. The van der Waals surface area contributed by atoms with Gasteiger partial charge in [0.1, 0.15) is 11.8 Å². The molecule has 0 aromatic heterocycles. The molecular formula is C15H22N2O. The van der Waals surface area contributed by atoms with Crippen molar-refractivity contribution in [2.45, 2.75) is 27.3 Å².